The first-order valence-electron chi connectivity index (χ1n) is 7.01. The fraction of sp³-hybridized carbons (Fsp3) is 0.188. The minimum atomic E-state index is -1.72. The molecule has 1 aromatic rings. The zero-order chi connectivity index (χ0) is 18.8. The van der Waals surface area contributed by atoms with Gasteiger partial charge in [0.15, 0.2) is 24.1 Å². The molecule has 0 radical (unpaired) electrons. The predicted octanol–water partition coefficient (Wildman–Crippen LogP) is 1.83. The third-order valence-corrected chi connectivity index (χ3v) is 2.64. The van der Waals surface area contributed by atoms with E-state index in [1.165, 1.54) is 6.08 Å². The van der Waals surface area contributed by atoms with E-state index in [1.54, 1.807) is 19.1 Å². The van der Waals surface area contributed by atoms with E-state index in [0.717, 1.165) is 12.1 Å². The maximum atomic E-state index is 13.4. The van der Waals surface area contributed by atoms with Crippen LogP contribution < -0.4 is 10.6 Å². The number of carbonyl (C=O) groups excluding carboxylic acids is 3. The molecule has 0 spiro atoms. The number of rotatable bonds is 7. The summed E-state index contributed by atoms with van der Waals surface area (Å²) in [6.45, 7) is 0.551. The van der Waals surface area contributed by atoms with Crippen LogP contribution in [0, 0.1) is 17.5 Å². The summed E-state index contributed by atoms with van der Waals surface area (Å²) in [6.07, 6.45) is 5.80. The Bertz CT molecular complexity index is 718. The van der Waals surface area contributed by atoms with Crippen LogP contribution in [0.5, 0.6) is 0 Å². The number of hydrogen-bond donors (Lipinski definition) is 2. The van der Waals surface area contributed by atoms with Crippen molar-refractivity contribution in [3.8, 4) is 0 Å². The lowest BCUT2D eigenvalue weighted by Crippen LogP contribution is -2.35. The quantitative estimate of drug-likeness (QED) is 0.338. The first-order chi connectivity index (χ1) is 11.8. The van der Waals surface area contributed by atoms with Crippen LogP contribution in [0.2, 0.25) is 0 Å². The highest BCUT2D eigenvalue weighted by Gasteiger charge is 2.15. The van der Waals surface area contributed by atoms with Crippen molar-refractivity contribution in [1.82, 2.24) is 5.32 Å². The molecule has 0 aliphatic carbocycles. The number of nitrogens with one attached hydrogen (secondary N) is 2. The molecule has 0 aliphatic heterocycles. The topological polar surface area (TPSA) is 84.5 Å². The van der Waals surface area contributed by atoms with Gasteiger partial charge in [0, 0.05) is 6.08 Å². The molecule has 2 amide bonds. The van der Waals surface area contributed by atoms with Crippen LogP contribution in [0.4, 0.5) is 18.9 Å². The lowest BCUT2D eigenvalue weighted by Gasteiger charge is -2.08. The minimum Gasteiger partial charge on any atom is -0.452 e. The molecule has 0 saturated carbocycles. The molecule has 0 aliphatic rings. The minimum absolute atomic E-state index is 0.571. The fourth-order valence-corrected chi connectivity index (χ4v) is 1.48. The van der Waals surface area contributed by atoms with E-state index in [-0.39, 0.29) is 0 Å². The summed E-state index contributed by atoms with van der Waals surface area (Å²) >= 11 is 0. The molecule has 25 heavy (non-hydrogen) atoms. The van der Waals surface area contributed by atoms with Crippen LogP contribution in [-0.4, -0.2) is 30.9 Å². The first-order valence-corrected chi connectivity index (χ1v) is 7.01. The van der Waals surface area contributed by atoms with Gasteiger partial charge >= 0.3 is 5.97 Å². The first kappa shape index (κ1) is 19.9. The van der Waals surface area contributed by atoms with Crippen molar-refractivity contribution in [1.29, 1.82) is 0 Å². The second-order valence-electron chi connectivity index (χ2n) is 4.54. The zero-order valence-corrected chi connectivity index (χ0v) is 13.1. The molecule has 1 aromatic carbocycles. The van der Waals surface area contributed by atoms with E-state index in [4.69, 9.17) is 0 Å². The van der Waals surface area contributed by atoms with Crippen LogP contribution in [0.25, 0.3) is 0 Å². The number of benzene rings is 1. The number of ether oxygens (including phenoxy) is 1. The van der Waals surface area contributed by atoms with Gasteiger partial charge in [-0.2, -0.15) is 0 Å². The largest absolute Gasteiger partial charge is 0.452 e. The average Bonchev–Trinajstić information content (AvgIpc) is 2.59. The molecule has 9 heteroatoms. The highest BCUT2D eigenvalue weighted by Crippen LogP contribution is 2.19. The van der Waals surface area contributed by atoms with E-state index in [2.05, 4.69) is 10.1 Å². The number of allylic oxidation sites excluding steroid dienone is 3. The fourth-order valence-electron chi connectivity index (χ4n) is 1.48. The Balaban J connectivity index is 2.40. The molecular formula is C16H15F3N2O4. The smallest absolute Gasteiger partial charge is 0.331 e. The molecule has 1 rings (SSSR count). The van der Waals surface area contributed by atoms with Gasteiger partial charge in [-0.25, -0.2) is 18.0 Å². The van der Waals surface area contributed by atoms with Crippen molar-refractivity contribution in [3.63, 3.8) is 0 Å². The van der Waals surface area contributed by atoms with E-state index >= 15 is 0 Å². The zero-order valence-electron chi connectivity index (χ0n) is 13.1. The number of halogens is 3. The van der Waals surface area contributed by atoms with Crippen LogP contribution in [-0.2, 0) is 19.1 Å². The molecule has 0 unspecified atom stereocenters. The van der Waals surface area contributed by atoms with Gasteiger partial charge in [-0.05, 0) is 19.1 Å². The van der Waals surface area contributed by atoms with Crippen molar-refractivity contribution >= 4 is 23.5 Å². The summed E-state index contributed by atoms with van der Waals surface area (Å²) in [7, 11) is 0. The Kier molecular flexibility index (Phi) is 7.91. The monoisotopic (exact) mass is 356 g/mol. The molecule has 0 fully saturated rings. The van der Waals surface area contributed by atoms with Gasteiger partial charge in [-0.1, -0.05) is 18.2 Å². The highest BCUT2D eigenvalue weighted by molar-refractivity contribution is 5.95. The highest BCUT2D eigenvalue weighted by atomic mass is 19.2. The van der Waals surface area contributed by atoms with Crippen molar-refractivity contribution in [2.45, 2.75) is 6.92 Å². The third kappa shape index (κ3) is 6.90. The molecule has 6 nitrogen and oxygen atoms in total. The van der Waals surface area contributed by atoms with Crippen LogP contribution in [0.1, 0.15) is 6.92 Å². The number of anilines is 1. The SMILES string of the molecule is C/C=C/C=C/C(=O)OCC(=O)NCC(=O)Nc1ccc(F)c(F)c1F. The Labute approximate surface area is 141 Å². The molecule has 0 saturated heterocycles. The number of amides is 2. The van der Waals surface area contributed by atoms with Crippen LogP contribution in [0.3, 0.4) is 0 Å². The van der Waals surface area contributed by atoms with Gasteiger partial charge < -0.3 is 15.4 Å². The summed E-state index contributed by atoms with van der Waals surface area (Å²) < 4.78 is 43.7. The molecule has 2 N–H and O–H groups in total. The second-order valence-corrected chi connectivity index (χ2v) is 4.54. The molecule has 0 heterocycles. The molecule has 134 valence electrons. The van der Waals surface area contributed by atoms with Crippen molar-refractivity contribution in [2.24, 2.45) is 0 Å². The summed E-state index contributed by atoms with van der Waals surface area (Å²) in [5.41, 5.74) is -0.571. The Hall–Kier alpha value is -3.10. The molecular weight excluding hydrogens is 341 g/mol. The van der Waals surface area contributed by atoms with E-state index in [1.807, 2.05) is 5.32 Å². The molecule has 0 aromatic heterocycles. The summed E-state index contributed by atoms with van der Waals surface area (Å²) in [5, 5.41) is 4.09. The molecule has 0 bridgehead atoms. The van der Waals surface area contributed by atoms with Crippen molar-refractivity contribution in [3.05, 3.63) is 53.9 Å². The number of esters is 1. The van der Waals surface area contributed by atoms with Gasteiger partial charge in [0.2, 0.25) is 5.91 Å². The summed E-state index contributed by atoms with van der Waals surface area (Å²) in [4.78, 5) is 34.1. The third-order valence-electron chi connectivity index (χ3n) is 2.64. The normalized spacial score (nSPS) is 10.9. The van der Waals surface area contributed by atoms with Crippen LogP contribution >= 0.6 is 0 Å². The summed E-state index contributed by atoms with van der Waals surface area (Å²) in [6, 6.07) is 1.49. The van der Waals surface area contributed by atoms with Gasteiger partial charge in [0.1, 0.15) is 0 Å². The average molecular weight is 356 g/mol. The van der Waals surface area contributed by atoms with E-state index < -0.39 is 54.1 Å². The van der Waals surface area contributed by atoms with Crippen LogP contribution in [0.15, 0.2) is 36.4 Å². The van der Waals surface area contributed by atoms with Gasteiger partial charge in [0.05, 0.1) is 12.2 Å². The predicted molar refractivity (Wildman–Crippen MR) is 82.9 cm³/mol. The second kappa shape index (κ2) is 9.91. The summed E-state index contributed by atoms with van der Waals surface area (Å²) in [5.74, 6) is -7.07. The van der Waals surface area contributed by atoms with E-state index in [0.29, 0.717) is 6.07 Å². The van der Waals surface area contributed by atoms with Gasteiger partial charge in [-0.3, -0.25) is 9.59 Å². The standard InChI is InChI=1S/C16H15F3N2O4/c1-2-3-4-5-14(24)25-9-13(23)20-8-12(22)21-11-7-6-10(17)15(18)16(11)19/h2-7H,8-9H2,1H3,(H,20,23)(H,21,22)/b3-2+,5-4+. The van der Waals surface area contributed by atoms with Crippen molar-refractivity contribution in [2.75, 3.05) is 18.5 Å². The number of carbonyl (C=O) groups is 3. The lowest BCUT2D eigenvalue weighted by molar-refractivity contribution is -0.143. The van der Waals surface area contributed by atoms with Gasteiger partial charge in [-0.15, -0.1) is 0 Å². The van der Waals surface area contributed by atoms with Crippen molar-refractivity contribution < 1.29 is 32.3 Å². The number of hydrogen-bond acceptors (Lipinski definition) is 4. The lowest BCUT2D eigenvalue weighted by atomic mass is 10.2. The Morgan fingerprint density at radius 3 is 2.48 bits per heavy atom. The Morgan fingerprint density at radius 1 is 1.08 bits per heavy atom. The maximum absolute atomic E-state index is 13.4. The maximum Gasteiger partial charge on any atom is 0.331 e. The molecule has 0 atom stereocenters. The van der Waals surface area contributed by atoms with E-state index in [9.17, 15) is 27.6 Å². The van der Waals surface area contributed by atoms with Gasteiger partial charge in [0.25, 0.3) is 5.91 Å². The Morgan fingerprint density at radius 2 is 1.80 bits per heavy atom.